The molecule has 0 bridgehead atoms. The number of para-hydroxylation sites is 3. The van der Waals surface area contributed by atoms with Crippen LogP contribution in [0.4, 0.5) is 17.1 Å². The van der Waals surface area contributed by atoms with E-state index < -0.39 is 5.41 Å². The van der Waals surface area contributed by atoms with Gasteiger partial charge >= 0.3 is 0 Å². The van der Waals surface area contributed by atoms with Crippen LogP contribution in [0.15, 0.2) is 125 Å². The van der Waals surface area contributed by atoms with Crippen molar-refractivity contribution in [3.8, 4) is 0 Å². The van der Waals surface area contributed by atoms with Crippen LogP contribution < -0.4 is 4.90 Å². The number of anilines is 3. The zero-order chi connectivity index (χ0) is 23.1. The molecule has 2 heterocycles. The van der Waals surface area contributed by atoms with Gasteiger partial charge in [-0.25, -0.2) is 0 Å². The van der Waals surface area contributed by atoms with Crippen molar-refractivity contribution in [1.82, 2.24) is 0 Å². The second kappa shape index (κ2) is 6.74. The molecule has 0 saturated heterocycles. The minimum Gasteiger partial charge on any atom is -0.308 e. The van der Waals surface area contributed by atoms with Crippen molar-refractivity contribution in [3.63, 3.8) is 0 Å². The highest BCUT2D eigenvalue weighted by atomic mass is 32.2. The van der Waals surface area contributed by atoms with E-state index in [2.05, 4.69) is 95.9 Å². The van der Waals surface area contributed by atoms with Crippen molar-refractivity contribution >= 4 is 34.6 Å². The maximum absolute atomic E-state index is 13.7. The first-order chi connectivity index (χ1) is 17.3. The van der Waals surface area contributed by atoms with Gasteiger partial charge in [0.25, 0.3) is 0 Å². The highest BCUT2D eigenvalue weighted by molar-refractivity contribution is 7.99. The van der Waals surface area contributed by atoms with Crippen LogP contribution in [0.1, 0.15) is 38.2 Å². The van der Waals surface area contributed by atoms with Gasteiger partial charge in [0.2, 0.25) is 0 Å². The van der Waals surface area contributed by atoms with Crippen LogP contribution in [0.5, 0.6) is 0 Å². The van der Waals surface area contributed by atoms with E-state index in [0.29, 0.717) is 0 Å². The number of carbonyl (C=O) groups is 1. The van der Waals surface area contributed by atoms with Crippen molar-refractivity contribution in [3.05, 3.63) is 149 Å². The molecule has 0 unspecified atom stereocenters. The summed E-state index contributed by atoms with van der Waals surface area (Å²) in [6.07, 6.45) is 0. The monoisotopic (exact) mass is 465 g/mol. The molecule has 2 aliphatic heterocycles. The number of hydrogen-bond acceptors (Lipinski definition) is 3. The third-order valence-electron chi connectivity index (χ3n) is 7.65. The van der Waals surface area contributed by atoms with Gasteiger partial charge in [-0.3, -0.25) is 4.79 Å². The van der Waals surface area contributed by atoms with E-state index >= 15 is 0 Å². The van der Waals surface area contributed by atoms with Crippen molar-refractivity contribution in [2.45, 2.75) is 15.2 Å². The summed E-state index contributed by atoms with van der Waals surface area (Å²) >= 11 is 1.83. The third-order valence-corrected chi connectivity index (χ3v) is 8.77. The number of hydrogen-bond donors (Lipinski definition) is 0. The number of ketones is 1. The van der Waals surface area contributed by atoms with Gasteiger partial charge in [-0.1, -0.05) is 103 Å². The first-order valence-electron chi connectivity index (χ1n) is 11.8. The quantitative estimate of drug-likeness (QED) is 0.227. The number of nitrogens with zero attached hydrogens (tertiary/aromatic N) is 1. The van der Waals surface area contributed by atoms with Gasteiger partial charge in [-0.05, 0) is 46.5 Å². The van der Waals surface area contributed by atoms with Crippen LogP contribution in [0.2, 0.25) is 0 Å². The fourth-order valence-electron chi connectivity index (χ4n) is 6.37. The van der Waals surface area contributed by atoms with E-state index in [1.54, 1.807) is 0 Å². The third kappa shape index (κ3) is 2.25. The molecular formula is C32H19NOS. The Morgan fingerprint density at radius 2 is 1.06 bits per heavy atom. The summed E-state index contributed by atoms with van der Waals surface area (Å²) in [4.78, 5) is 18.6. The molecule has 5 aromatic carbocycles. The normalized spacial score (nSPS) is 15.5. The molecule has 164 valence electrons. The maximum atomic E-state index is 13.7. The fourth-order valence-corrected chi connectivity index (χ4v) is 7.46. The topological polar surface area (TPSA) is 20.3 Å². The zero-order valence-electron chi connectivity index (χ0n) is 18.7. The molecule has 1 spiro atoms. The second-order valence-corrected chi connectivity index (χ2v) is 10.3. The van der Waals surface area contributed by atoms with Crippen LogP contribution in [0.3, 0.4) is 0 Å². The van der Waals surface area contributed by atoms with Crippen LogP contribution in [-0.4, -0.2) is 5.78 Å². The lowest BCUT2D eigenvalue weighted by Crippen LogP contribution is -2.42. The Kier molecular flexibility index (Phi) is 3.71. The van der Waals surface area contributed by atoms with E-state index in [-0.39, 0.29) is 5.78 Å². The summed E-state index contributed by atoms with van der Waals surface area (Å²) in [6, 6.07) is 40.4. The summed E-state index contributed by atoms with van der Waals surface area (Å²) in [5, 5.41) is 0. The van der Waals surface area contributed by atoms with Crippen LogP contribution >= 0.6 is 11.8 Å². The molecule has 0 aromatic heterocycles. The molecule has 0 radical (unpaired) electrons. The first kappa shape index (κ1) is 19.2. The molecular weight excluding hydrogens is 446 g/mol. The largest absolute Gasteiger partial charge is 0.308 e. The van der Waals surface area contributed by atoms with E-state index in [1.807, 2.05) is 36.0 Å². The zero-order valence-corrected chi connectivity index (χ0v) is 19.5. The van der Waals surface area contributed by atoms with E-state index in [4.69, 9.17) is 0 Å². The molecule has 3 aliphatic rings. The summed E-state index contributed by atoms with van der Waals surface area (Å²) in [5.41, 5.74) is 9.14. The molecule has 8 rings (SSSR count). The average Bonchev–Trinajstić information content (AvgIpc) is 2.92. The van der Waals surface area contributed by atoms with Gasteiger partial charge in [0, 0.05) is 20.9 Å². The summed E-state index contributed by atoms with van der Waals surface area (Å²) in [5.74, 6) is 0.103. The molecule has 0 atom stereocenters. The molecule has 1 aliphatic carbocycles. The SMILES string of the molecule is O=C1c2ccccc2C2(c3ccccc31)c1ccccc1N1c3ccccc3Sc3cccc2c31. The van der Waals surface area contributed by atoms with Crippen molar-refractivity contribution in [1.29, 1.82) is 0 Å². The Balaban J connectivity index is 1.60. The Bertz CT molecular complexity index is 1670. The average molecular weight is 466 g/mol. The first-order valence-corrected chi connectivity index (χ1v) is 12.7. The minimum atomic E-state index is -0.577. The summed E-state index contributed by atoms with van der Waals surface area (Å²) in [7, 11) is 0. The van der Waals surface area contributed by atoms with Crippen LogP contribution in [-0.2, 0) is 5.41 Å². The molecule has 35 heavy (non-hydrogen) atoms. The Hall–Kier alpha value is -4.08. The molecule has 0 fully saturated rings. The van der Waals surface area contributed by atoms with Gasteiger partial charge in [0.1, 0.15) is 0 Å². The van der Waals surface area contributed by atoms with E-state index in [9.17, 15) is 4.79 Å². The highest BCUT2D eigenvalue weighted by Gasteiger charge is 2.52. The van der Waals surface area contributed by atoms with Gasteiger partial charge < -0.3 is 4.90 Å². The molecule has 2 nitrogen and oxygen atoms in total. The number of carbonyl (C=O) groups excluding carboxylic acids is 1. The van der Waals surface area contributed by atoms with Gasteiger partial charge in [0.15, 0.2) is 5.78 Å². The lowest BCUT2D eigenvalue weighted by Gasteiger charge is -2.50. The lowest BCUT2D eigenvalue weighted by molar-refractivity contribution is 0.103. The van der Waals surface area contributed by atoms with Crippen LogP contribution in [0.25, 0.3) is 0 Å². The predicted molar refractivity (Wildman–Crippen MR) is 141 cm³/mol. The van der Waals surface area contributed by atoms with Gasteiger partial charge in [-0.2, -0.15) is 0 Å². The highest BCUT2D eigenvalue weighted by Crippen LogP contribution is 2.64. The lowest BCUT2D eigenvalue weighted by atomic mass is 9.57. The van der Waals surface area contributed by atoms with E-state index in [1.165, 1.54) is 38.0 Å². The minimum absolute atomic E-state index is 0.103. The van der Waals surface area contributed by atoms with Crippen molar-refractivity contribution in [2.75, 3.05) is 4.90 Å². The smallest absolute Gasteiger partial charge is 0.193 e. The molecule has 5 aromatic rings. The Morgan fingerprint density at radius 1 is 0.514 bits per heavy atom. The number of rotatable bonds is 0. The van der Waals surface area contributed by atoms with E-state index in [0.717, 1.165) is 22.3 Å². The van der Waals surface area contributed by atoms with Crippen molar-refractivity contribution in [2.24, 2.45) is 0 Å². The van der Waals surface area contributed by atoms with Gasteiger partial charge in [-0.15, -0.1) is 0 Å². The van der Waals surface area contributed by atoms with Gasteiger partial charge in [0.05, 0.1) is 22.5 Å². The van der Waals surface area contributed by atoms with Crippen LogP contribution in [0, 0.1) is 0 Å². The van der Waals surface area contributed by atoms with Crippen molar-refractivity contribution < 1.29 is 4.79 Å². The summed E-state index contributed by atoms with van der Waals surface area (Å²) < 4.78 is 0. The maximum Gasteiger partial charge on any atom is 0.193 e. The molecule has 0 saturated carbocycles. The fraction of sp³-hybridized carbons (Fsp3) is 0.0312. The Labute approximate surface area is 207 Å². The molecule has 3 heteroatoms. The number of benzene rings is 5. The molecule has 0 amide bonds. The molecule has 0 N–H and O–H groups in total. The summed E-state index contributed by atoms with van der Waals surface area (Å²) in [6.45, 7) is 0. The standard InChI is InChI=1S/C32H19NOS/c34-31-20-10-1-3-12-22(20)32(23-13-4-2-11-21(23)31)24-14-5-6-16-26(24)33-27-17-7-8-18-28(27)35-29-19-9-15-25(32)30(29)33/h1-19H. The second-order valence-electron chi connectivity index (χ2n) is 9.24. The Morgan fingerprint density at radius 3 is 1.80 bits per heavy atom. The predicted octanol–water partition coefficient (Wildman–Crippen LogP) is 7.86. The number of fused-ring (bicyclic) bond motifs is 10.